The quantitative estimate of drug-likeness (QED) is 0.00645. The molecule has 23 heteroatoms. The monoisotopic (exact) mass is 1150 g/mol. The zero-order valence-electron chi connectivity index (χ0n) is 44.5. The molecule has 0 saturated carbocycles. The summed E-state index contributed by atoms with van der Waals surface area (Å²) < 4.78 is 75.4. The van der Waals surface area contributed by atoms with Crippen LogP contribution in [0.2, 0.25) is 0 Å². The summed E-state index contributed by atoms with van der Waals surface area (Å²) in [5.41, 5.74) is -1.10. The summed E-state index contributed by atoms with van der Waals surface area (Å²) in [6.45, 7) is 3.58. The van der Waals surface area contributed by atoms with Crippen LogP contribution in [0.1, 0.15) is 134 Å². The van der Waals surface area contributed by atoms with Crippen LogP contribution in [-0.4, -0.2) is 71.6 Å². The van der Waals surface area contributed by atoms with Crippen molar-refractivity contribution >= 4 is 87.9 Å². The standard InChI is InChI=1S/C57H63N5O15S3/c1-4-5-6-7-8-9-10-11-12-13-14-15-16-17-28-60(3)57(79(69)70)43-22-27-52(53(36-43)62(66)67)61-56(65)51(38(2)75-61)37-74-48-32-44(54(63)58-46-23-18-41-34-49(78-77-76-68)25-20-39(41)30-46)29-45(33-48)55(64)59-47-24-19-42-35-50(80(71,72)73)26-21-40(42)31-47/h18-27,29-36,68H,4-17,28,37H2,1-3H3,(H,58,63)(H,59,64)(H,71,72,73). The van der Waals surface area contributed by atoms with E-state index in [1.165, 1.54) is 119 Å². The number of hydrogen-bond donors (Lipinski definition) is 4. The van der Waals surface area contributed by atoms with Gasteiger partial charge in [-0.25, -0.2) is 5.26 Å². The number of unbranched alkanes of at least 4 members (excludes halogenated alkanes) is 13. The van der Waals surface area contributed by atoms with Crippen LogP contribution >= 0.6 is 12.0 Å². The third-order valence-electron chi connectivity index (χ3n) is 13.5. The number of aromatic nitrogens is 1. The molecule has 20 nitrogen and oxygen atoms in total. The number of ether oxygens (including phenoxy) is 1. The van der Waals surface area contributed by atoms with Crippen molar-refractivity contribution in [2.24, 2.45) is 0 Å². The van der Waals surface area contributed by atoms with E-state index in [2.05, 4.69) is 26.9 Å². The Balaban J connectivity index is 1.06. The minimum Gasteiger partial charge on any atom is -0.489 e. The Morgan fingerprint density at radius 2 is 1.26 bits per heavy atom. The van der Waals surface area contributed by atoms with Crippen LogP contribution < -0.4 is 20.9 Å². The van der Waals surface area contributed by atoms with Crippen molar-refractivity contribution < 1.29 is 59.8 Å². The predicted molar refractivity (Wildman–Crippen MR) is 307 cm³/mol. The highest BCUT2D eigenvalue weighted by Crippen LogP contribution is 2.30. The van der Waals surface area contributed by atoms with Crippen LogP contribution in [0.4, 0.5) is 17.1 Å². The smallest absolute Gasteiger partial charge is 0.297 e. The molecule has 0 aliphatic carbocycles. The fourth-order valence-electron chi connectivity index (χ4n) is 9.27. The average molecular weight is 1150 g/mol. The summed E-state index contributed by atoms with van der Waals surface area (Å²) in [5.74, 6) is -1.35. The van der Waals surface area contributed by atoms with Gasteiger partial charge in [-0.1, -0.05) is 120 Å². The van der Waals surface area contributed by atoms with E-state index in [0.717, 1.165) is 65.7 Å². The summed E-state index contributed by atoms with van der Waals surface area (Å²) in [7, 11) is -5.62. The number of nitro benzene ring substituents is 1. The molecule has 7 aromatic rings. The molecule has 424 valence electrons. The second-order valence-corrected chi connectivity index (χ2v) is 22.4. The van der Waals surface area contributed by atoms with E-state index in [1.54, 1.807) is 60.5 Å². The number of anilines is 2. The number of nitrogens with one attached hydrogen (secondary N) is 2. The largest absolute Gasteiger partial charge is 0.489 e. The number of nitrogens with zero attached hydrogens (tertiary/aromatic N) is 3. The zero-order valence-corrected chi connectivity index (χ0v) is 46.9. The molecule has 0 bridgehead atoms. The van der Waals surface area contributed by atoms with Gasteiger partial charge in [-0.2, -0.15) is 16.8 Å². The molecule has 0 saturated heterocycles. The third-order valence-corrected chi connectivity index (χ3v) is 15.8. The Morgan fingerprint density at radius 1 is 0.725 bits per heavy atom. The lowest BCUT2D eigenvalue weighted by Crippen LogP contribution is -2.29. The minimum atomic E-state index is -4.47. The molecular weight excluding hydrogens is 1090 g/mol. The van der Waals surface area contributed by atoms with Crippen molar-refractivity contribution in [3.63, 3.8) is 0 Å². The minimum absolute atomic E-state index is 0.0253. The number of carbonyl (C=O) groups is 2. The van der Waals surface area contributed by atoms with Gasteiger partial charge in [-0.15, -0.1) is 9.07 Å². The number of aryl methyl sites for hydroxylation is 1. The third kappa shape index (κ3) is 16.4. The summed E-state index contributed by atoms with van der Waals surface area (Å²) in [6, 6.07) is 26.7. The molecule has 1 heterocycles. The van der Waals surface area contributed by atoms with E-state index < -0.39 is 55.0 Å². The number of amides is 2. The molecule has 2 amide bonds. The molecular formula is C57H63N5O15S3. The van der Waals surface area contributed by atoms with Crippen LogP contribution in [-0.2, 0) is 36.4 Å². The number of hydrogen-bond acceptors (Lipinski definition) is 15. The van der Waals surface area contributed by atoms with Gasteiger partial charge in [0.05, 0.1) is 27.4 Å². The van der Waals surface area contributed by atoms with Crippen molar-refractivity contribution in [2.75, 3.05) is 24.2 Å². The van der Waals surface area contributed by atoms with E-state index in [1.807, 2.05) is 0 Å². The number of benzene rings is 6. The molecule has 7 rings (SSSR count). The van der Waals surface area contributed by atoms with Crippen molar-refractivity contribution in [2.45, 2.75) is 120 Å². The Bertz CT molecular complexity index is 3690. The molecule has 1 aromatic heterocycles. The second-order valence-electron chi connectivity index (χ2n) is 19.3. The van der Waals surface area contributed by atoms with E-state index in [4.69, 9.17) is 14.5 Å². The number of fused-ring (bicyclic) bond motifs is 2. The summed E-state index contributed by atoms with van der Waals surface area (Å²) in [6.07, 6.45) is 16.5. The first-order chi connectivity index (χ1) is 38.4. The highest BCUT2D eigenvalue weighted by molar-refractivity contribution is 7.94. The first kappa shape index (κ1) is 60.4. The summed E-state index contributed by atoms with van der Waals surface area (Å²) in [5, 5.41) is 32.9. The normalized spacial score (nSPS) is 11.6. The SMILES string of the molecule is CCCCCCCCCCCCCCCCN(C)C(c1ccc(-n2oc(C)c(COc3cc(C(=O)Nc4ccc5cc(SOOO)ccc5c4)cc(C(=O)Nc4ccc5cc(S(=O)(=O)O)ccc5c4)c3)c2=O)c([N+](=O)[O-])c1)=S(=O)=O. The van der Waals surface area contributed by atoms with E-state index in [0.29, 0.717) is 33.6 Å². The number of nitro groups is 1. The maximum absolute atomic E-state index is 14.1. The topological polar surface area (TPSA) is 276 Å². The molecule has 0 atom stereocenters. The fourth-order valence-corrected chi connectivity index (χ4v) is 10.9. The molecule has 0 unspecified atom stereocenters. The molecule has 6 aromatic carbocycles. The van der Waals surface area contributed by atoms with Crippen molar-refractivity contribution in [3.8, 4) is 11.4 Å². The van der Waals surface area contributed by atoms with Gasteiger partial charge in [0, 0.05) is 45.6 Å². The Kier molecular flexibility index (Phi) is 21.7. The molecule has 0 spiro atoms. The van der Waals surface area contributed by atoms with Crippen LogP contribution in [0.25, 0.3) is 27.2 Å². The Labute approximate surface area is 468 Å². The average Bonchev–Trinajstić information content (AvgIpc) is 3.75. The van der Waals surface area contributed by atoms with Crippen molar-refractivity contribution in [1.29, 1.82) is 0 Å². The van der Waals surface area contributed by atoms with Gasteiger partial charge in [0.25, 0.3) is 33.2 Å². The van der Waals surface area contributed by atoms with Crippen LogP contribution in [0.15, 0.2) is 128 Å². The van der Waals surface area contributed by atoms with E-state index >= 15 is 0 Å². The van der Waals surface area contributed by atoms with Gasteiger partial charge in [0.2, 0.25) is 10.3 Å². The van der Waals surface area contributed by atoms with Crippen LogP contribution in [0, 0.1) is 17.0 Å². The maximum atomic E-state index is 14.1. The number of rotatable bonds is 29. The van der Waals surface area contributed by atoms with Crippen molar-refractivity contribution in [3.05, 3.63) is 158 Å². The van der Waals surface area contributed by atoms with Gasteiger partial charge in [-0.3, -0.25) is 34.0 Å². The lowest BCUT2D eigenvalue weighted by molar-refractivity contribution is -0.432. The maximum Gasteiger partial charge on any atom is 0.297 e. The second kappa shape index (κ2) is 28.8. The van der Waals surface area contributed by atoms with Gasteiger partial charge in [0.1, 0.15) is 23.1 Å². The van der Waals surface area contributed by atoms with Crippen LogP contribution in [0.3, 0.4) is 0 Å². The number of carbonyl (C=O) groups excluding carboxylic acids is 2. The Morgan fingerprint density at radius 3 is 1.81 bits per heavy atom. The molecule has 0 radical (unpaired) electrons. The Hall–Kier alpha value is -7.22. The summed E-state index contributed by atoms with van der Waals surface area (Å²) in [4.78, 5) is 55.6. The first-order valence-electron chi connectivity index (χ1n) is 26.2. The van der Waals surface area contributed by atoms with Gasteiger partial charge >= 0.3 is 0 Å². The van der Waals surface area contributed by atoms with Gasteiger partial charge in [0.15, 0.2) is 5.69 Å². The van der Waals surface area contributed by atoms with Gasteiger partial charge < -0.3 is 19.9 Å². The van der Waals surface area contributed by atoms with Crippen molar-refractivity contribution in [1.82, 2.24) is 9.64 Å². The highest BCUT2D eigenvalue weighted by atomic mass is 32.2. The molecule has 0 aliphatic heterocycles. The molecule has 0 fully saturated rings. The lowest BCUT2D eigenvalue weighted by atomic mass is 10.0. The first-order valence-corrected chi connectivity index (χ1v) is 29.5. The molecule has 80 heavy (non-hydrogen) atoms. The van der Waals surface area contributed by atoms with E-state index in [9.17, 15) is 45.9 Å². The van der Waals surface area contributed by atoms with E-state index in [-0.39, 0.29) is 49.3 Å². The lowest BCUT2D eigenvalue weighted by Gasteiger charge is -2.17. The predicted octanol–water partition coefficient (Wildman–Crippen LogP) is 12.5. The van der Waals surface area contributed by atoms with Gasteiger partial charge in [-0.05, 0) is 121 Å². The highest BCUT2D eigenvalue weighted by Gasteiger charge is 2.26. The van der Waals surface area contributed by atoms with Crippen LogP contribution in [0.5, 0.6) is 5.75 Å². The molecule has 4 N–H and O–H groups in total. The zero-order chi connectivity index (χ0) is 57.3. The summed E-state index contributed by atoms with van der Waals surface area (Å²) >= 11 is 0.786. The molecule has 0 aliphatic rings. The fraction of sp³-hybridized carbons (Fsp3) is 0.333.